The Morgan fingerprint density at radius 3 is 2.69 bits per heavy atom. The molecule has 1 heterocycles. The van der Waals surface area contributed by atoms with Crippen LogP contribution >= 0.6 is 0 Å². The highest BCUT2D eigenvalue weighted by atomic mass is 19.1. The zero-order chi connectivity index (χ0) is 18.7. The Morgan fingerprint density at radius 2 is 1.96 bits per heavy atom. The average molecular weight is 359 g/mol. The number of hydrogen-bond acceptors (Lipinski definition) is 7. The Labute approximate surface area is 149 Å². The van der Waals surface area contributed by atoms with Crippen molar-refractivity contribution in [3.63, 3.8) is 0 Å². The molecule has 0 unspecified atom stereocenters. The van der Waals surface area contributed by atoms with Crippen LogP contribution in [0.1, 0.15) is 5.56 Å². The molecule has 0 saturated heterocycles. The van der Waals surface area contributed by atoms with Crippen LogP contribution in [0.2, 0.25) is 0 Å². The van der Waals surface area contributed by atoms with Crippen LogP contribution in [0.5, 0.6) is 17.2 Å². The molecule has 3 aromatic rings. The smallest absolute Gasteiger partial charge is 0.163 e. The number of phenols is 1. The highest BCUT2D eigenvalue weighted by Gasteiger charge is 2.14. The number of methoxy groups -OCH3 is 1. The third-order valence-corrected chi connectivity index (χ3v) is 3.81. The van der Waals surface area contributed by atoms with E-state index in [4.69, 9.17) is 14.6 Å². The molecule has 0 aliphatic heterocycles. The molecule has 26 heavy (non-hydrogen) atoms. The second-order valence-electron chi connectivity index (χ2n) is 5.56. The van der Waals surface area contributed by atoms with Gasteiger partial charge in [0.1, 0.15) is 30.3 Å². The van der Waals surface area contributed by atoms with E-state index in [0.29, 0.717) is 33.8 Å². The van der Waals surface area contributed by atoms with Crippen molar-refractivity contribution < 1.29 is 24.1 Å². The number of fused-ring (bicyclic) bond motifs is 1. The summed E-state index contributed by atoms with van der Waals surface area (Å²) in [5, 5.41) is 22.2. The molecule has 8 heteroatoms. The van der Waals surface area contributed by atoms with Crippen LogP contribution in [0, 0.1) is 12.7 Å². The average Bonchev–Trinajstić information content (AvgIpc) is 2.63. The lowest BCUT2D eigenvalue weighted by Crippen LogP contribution is -2.04. The number of rotatable bonds is 6. The summed E-state index contributed by atoms with van der Waals surface area (Å²) >= 11 is 0. The normalized spacial score (nSPS) is 10.8. The first kappa shape index (κ1) is 17.7. The van der Waals surface area contributed by atoms with Gasteiger partial charge in [0.15, 0.2) is 11.5 Å². The van der Waals surface area contributed by atoms with E-state index in [2.05, 4.69) is 15.3 Å². The molecule has 0 fully saturated rings. The second kappa shape index (κ2) is 7.40. The highest BCUT2D eigenvalue weighted by Crippen LogP contribution is 2.35. The van der Waals surface area contributed by atoms with Crippen molar-refractivity contribution in [3.8, 4) is 17.2 Å². The van der Waals surface area contributed by atoms with Crippen molar-refractivity contribution in [2.24, 2.45) is 0 Å². The van der Waals surface area contributed by atoms with E-state index < -0.39 is 5.82 Å². The molecule has 3 N–H and O–H groups in total. The van der Waals surface area contributed by atoms with Gasteiger partial charge in [-0.25, -0.2) is 14.4 Å². The van der Waals surface area contributed by atoms with Gasteiger partial charge in [-0.15, -0.1) is 0 Å². The van der Waals surface area contributed by atoms with Crippen LogP contribution in [0.25, 0.3) is 10.9 Å². The Balaban J connectivity index is 2.05. The molecule has 1 aromatic heterocycles. The van der Waals surface area contributed by atoms with Crippen LogP contribution in [0.15, 0.2) is 30.6 Å². The molecule has 7 nitrogen and oxygen atoms in total. The zero-order valence-electron chi connectivity index (χ0n) is 14.3. The number of aliphatic hydroxyl groups is 1. The maximum absolute atomic E-state index is 14.2. The largest absolute Gasteiger partial charge is 0.508 e. The van der Waals surface area contributed by atoms with Gasteiger partial charge >= 0.3 is 0 Å². The summed E-state index contributed by atoms with van der Waals surface area (Å²) in [5.41, 5.74) is 1.08. The summed E-state index contributed by atoms with van der Waals surface area (Å²) in [4.78, 5) is 8.35. The Morgan fingerprint density at radius 1 is 1.15 bits per heavy atom. The maximum Gasteiger partial charge on any atom is 0.163 e. The molecule has 136 valence electrons. The first-order valence-corrected chi connectivity index (χ1v) is 7.86. The van der Waals surface area contributed by atoms with Crippen LogP contribution in [0.4, 0.5) is 15.9 Å². The van der Waals surface area contributed by atoms with Gasteiger partial charge in [0.05, 0.1) is 24.9 Å². The minimum atomic E-state index is -0.512. The number of aliphatic hydroxyl groups excluding tert-OH is 1. The van der Waals surface area contributed by atoms with Gasteiger partial charge in [-0.05, 0) is 24.6 Å². The van der Waals surface area contributed by atoms with Crippen molar-refractivity contribution in [2.75, 3.05) is 25.6 Å². The van der Waals surface area contributed by atoms with Crippen molar-refractivity contribution >= 4 is 22.4 Å². The third kappa shape index (κ3) is 3.45. The molecule has 0 aliphatic carbocycles. The zero-order valence-corrected chi connectivity index (χ0v) is 14.3. The van der Waals surface area contributed by atoms with E-state index in [1.54, 1.807) is 19.1 Å². The molecular weight excluding hydrogens is 341 g/mol. The van der Waals surface area contributed by atoms with Crippen molar-refractivity contribution in [3.05, 3.63) is 42.0 Å². The fourth-order valence-corrected chi connectivity index (χ4v) is 2.48. The van der Waals surface area contributed by atoms with E-state index >= 15 is 0 Å². The lowest BCUT2D eigenvalue weighted by atomic mass is 10.1. The topological polar surface area (TPSA) is 96.7 Å². The van der Waals surface area contributed by atoms with E-state index in [1.807, 2.05) is 0 Å². The molecule has 0 radical (unpaired) electrons. The fraction of sp³-hybridized carbons (Fsp3) is 0.222. The van der Waals surface area contributed by atoms with Crippen molar-refractivity contribution in [2.45, 2.75) is 6.92 Å². The van der Waals surface area contributed by atoms with Crippen LogP contribution < -0.4 is 14.8 Å². The van der Waals surface area contributed by atoms with Crippen LogP contribution in [-0.4, -0.2) is 40.5 Å². The summed E-state index contributed by atoms with van der Waals surface area (Å²) in [6.45, 7) is 1.60. The van der Waals surface area contributed by atoms with Gasteiger partial charge in [-0.2, -0.15) is 0 Å². The summed E-state index contributed by atoms with van der Waals surface area (Å²) in [5.74, 6) is 0.671. The van der Waals surface area contributed by atoms with Crippen LogP contribution in [0.3, 0.4) is 0 Å². The minimum Gasteiger partial charge on any atom is -0.508 e. The van der Waals surface area contributed by atoms with E-state index in [1.165, 1.54) is 25.6 Å². The van der Waals surface area contributed by atoms with E-state index in [-0.39, 0.29) is 24.7 Å². The quantitative estimate of drug-likeness (QED) is 0.623. The molecule has 2 aromatic carbocycles. The first-order valence-electron chi connectivity index (χ1n) is 7.86. The van der Waals surface area contributed by atoms with Crippen molar-refractivity contribution in [1.29, 1.82) is 0 Å². The Bertz CT molecular complexity index is 949. The van der Waals surface area contributed by atoms with Gasteiger partial charge in [-0.3, -0.25) is 0 Å². The lowest BCUT2D eigenvalue weighted by molar-refractivity contribution is 0.196. The third-order valence-electron chi connectivity index (χ3n) is 3.81. The predicted molar refractivity (Wildman–Crippen MR) is 94.8 cm³/mol. The molecule has 0 atom stereocenters. The first-order chi connectivity index (χ1) is 12.5. The summed E-state index contributed by atoms with van der Waals surface area (Å²) < 4.78 is 24.9. The summed E-state index contributed by atoms with van der Waals surface area (Å²) in [6, 6.07) is 5.85. The lowest BCUT2D eigenvalue weighted by Gasteiger charge is -2.14. The van der Waals surface area contributed by atoms with E-state index in [0.717, 1.165) is 0 Å². The molecule has 0 aliphatic rings. The minimum absolute atomic E-state index is 0.0236. The van der Waals surface area contributed by atoms with Gasteiger partial charge < -0.3 is 25.0 Å². The fourth-order valence-electron chi connectivity index (χ4n) is 2.48. The van der Waals surface area contributed by atoms with Crippen molar-refractivity contribution in [1.82, 2.24) is 9.97 Å². The molecule has 0 saturated carbocycles. The number of anilines is 2. The number of aromatic nitrogens is 2. The highest BCUT2D eigenvalue weighted by molar-refractivity contribution is 5.93. The second-order valence-corrected chi connectivity index (χ2v) is 5.56. The Hall–Kier alpha value is -3.13. The predicted octanol–water partition coefficient (Wildman–Crippen LogP) is 2.91. The molecule has 0 amide bonds. The number of hydrogen-bond donors (Lipinski definition) is 3. The summed E-state index contributed by atoms with van der Waals surface area (Å²) in [7, 11) is 1.49. The molecule has 3 rings (SSSR count). The van der Waals surface area contributed by atoms with Gasteiger partial charge in [0, 0.05) is 17.5 Å². The summed E-state index contributed by atoms with van der Waals surface area (Å²) in [6.07, 6.45) is 1.33. The Kier molecular flexibility index (Phi) is 5.04. The molecular formula is C18H18FN3O4. The van der Waals surface area contributed by atoms with E-state index in [9.17, 15) is 9.50 Å². The standard InChI is InChI=1S/C18H18FN3O4/c1-10-5-12(19)14(7-15(10)24)22-18-11-6-16(25-2)17(26-4-3-23)8-13(11)20-9-21-18/h5-9,23-24H,3-4H2,1-2H3,(H,20,21,22). The number of aromatic hydroxyl groups is 1. The number of halogens is 1. The monoisotopic (exact) mass is 359 g/mol. The van der Waals surface area contributed by atoms with Gasteiger partial charge in [0.2, 0.25) is 0 Å². The molecule has 0 spiro atoms. The SMILES string of the molecule is COc1cc2c(Nc3cc(O)c(C)cc3F)ncnc2cc1OCCO. The van der Waals surface area contributed by atoms with Crippen LogP contribution in [-0.2, 0) is 0 Å². The number of phenolic OH excluding ortho intramolecular Hbond substituents is 1. The molecule has 0 bridgehead atoms. The number of benzene rings is 2. The number of nitrogens with one attached hydrogen (secondary N) is 1. The van der Waals surface area contributed by atoms with Gasteiger partial charge in [-0.1, -0.05) is 0 Å². The number of nitrogens with zero attached hydrogens (tertiary/aromatic N) is 2. The number of ether oxygens (including phenoxy) is 2. The maximum atomic E-state index is 14.2. The number of aryl methyl sites for hydroxylation is 1. The van der Waals surface area contributed by atoms with Gasteiger partial charge in [0.25, 0.3) is 0 Å².